The fraction of sp³-hybridized carbons (Fsp3) is 0.375. The third-order valence-corrected chi connectivity index (χ3v) is 3.51. The van der Waals surface area contributed by atoms with Crippen LogP contribution in [0.25, 0.3) is 10.9 Å². The van der Waals surface area contributed by atoms with Gasteiger partial charge in [-0.1, -0.05) is 0 Å². The number of halogens is 1. The first kappa shape index (κ1) is 17.0. The van der Waals surface area contributed by atoms with E-state index < -0.39 is 12.1 Å². The van der Waals surface area contributed by atoms with Crippen molar-refractivity contribution in [3.63, 3.8) is 0 Å². The van der Waals surface area contributed by atoms with E-state index in [9.17, 15) is 14.0 Å². The van der Waals surface area contributed by atoms with Gasteiger partial charge in [-0.25, -0.2) is 4.39 Å². The largest absolute Gasteiger partial charge is 0.394 e. The summed E-state index contributed by atoms with van der Waals surface area (Å²) < 4.78 is 13.2. The normalized spacial score (nSPS) is 13.6. The summed E-state index contributed by atoms with van der Waals surface area (Å²) in [6.07, 6.45) is 1.96. The summed E-state index contributed by atoms with van der Waals surface area (Å²) in [7, 11) is 0. The Balaban J connectivity index is 2.22. The number of hydrogen-bond acceptors (Lipinski definition) is 3. The second-order valence-corrected chi connectivity index (χ2v) is 5.55. The predicted molar refractivity (Wildman–Crippen MR) is 84.3 cm³/mol. The topological polar surface area (TPSA) is 94.2 Å². The van der Waals surface area contributed by atoms with Crippen LogP contribution in [0.1, 0.15) is 19.4 Å². The Morgan fingerprint density at radius 1 is 1.35 bits per heavy atom. The number of nitrogens with one attached hydrogen (secondary N) is 3. The highest BCUT2D eigenvalue weighted by molar-refractivity contribution is 5.89. The molecule has 23 heavy (non-hydrogen) atoms. The van der Waals surface area contributed by atoms with Crippen LogP contribution in [0.3, 0.4) is 0 Å². The first-order valence-electron chi connectivity index (χ1n) is 7.34. The predicted octanol–water partition coefficient (Wildman–Crippen LogP) is 0.851. The highest BCUT2D eigenvalue weighted by Crippen LogP contribution is 2.20. The van der Waals surface area contributed by atoms with Gasteiger partial charge in [-0.05, 0) is 30.7 Å². The molecule has 0 aliphatic rings. The molecule has 2 unspecified atom stereocenters. The first-order valence-corrected chi connectivity index (χ1v) is 7.34. The van der Waals surface area contributed by atoms with Crippen molar-refractivity contribution in [1.29, 1.82) is 0 Å². The molecule has 0 aliphatic carbocycles. The molecule has 0 bridgehead atoms. The third kappa shape index (κ3) is 4.29. The molecule has 1 aromatic carbocycles. The number of carbonyl (C=O) groups excluding carboxylic acids is 2. The summed E-state index contributed by atoms with van der Waals surface area (Å²) in [6.45, 7) is 2.81. The number of fused-ring (bicyclic) bond motifs is 1. The van der Waals surface area contributed by atoms with Crippen LogP contribution in [-0.4, -0.2) is 40.6 Å². The van der Waals surface area contributed by atoms with Crippen LogP contribution < -0.4 is 10.6 Å². The van der Waals surface area contributed by atoms with Crippen molar-refractivity contribution in [3.05, 3.63) is 35.8 Å². The molecule has 0 saturated carbocycles. The molecule has 1 aromatic heterocycles. The minimum atomic E-state index is -0.773. The summed E-state index contributed by atoms with van der Waals surface area (Å²) >= 11 is 0. The molecule has 0 aliphatic heterocycles. The number of aromatic amines is 1. The van der Waals surface area contributed by atoms with Gasteiger partial charge < -0.3 is 20.7 Å². The van der Waals surface area contributed by atoms with Gasteiger partial charge in [0, 0.05) is 36.5 Å². The van der Waals surface area contributed by atoms with Gasteiger partial charge >= 0.3 is 0 Å². The van der Waals surface area contributed by atoms with Crippen LogP contribution in [0.15, 0.2) is 24.4 Å². The summed E-state index contributed by atoms with van der Waals surface area (Å²) in [5.41, 5.74) is 1.43. The molecule has 6 nitrogen and oxygen atoms in total. The van der Waals surface area contributed by atoms with Gasteiger partial charge in [-0.15, -0.1) is 0 Å². The second kappa shape index (κ2) is 7.23. The molecule has 0 spiro atoms. The first-order chi connectivity index (χ1) is 10.9. The van der Waals surface area contributed by atoms with Gasteiger partial charge in [0.1, 0.15) is 11.9 Å². The summed E-state index contributed by atoms with van der Waals surface area (Å²) in [5, 5.41) is 15.1. The quantitative estimate of drug-likeness (QED) is 0.635. The lowest BCUT2D eigenvalue weighted by molar-refractivity contribution is -0.128. The zero-order chi connectivity index (χ0) is 17.0. The Hall–Kier alpha value is -2.41. The highest BCUT2D eigenvalue weighted by atomic mass is 19.1. The number of H-pyrrole nitrogens is 1. The van der Waals surface area contributed by atoms with E-state index in [2.05, 4.69) is 15.6 Å². The number of aliphatic hydroxyl groups excluding tert-OH is 1. The minimum Gasteiger partial charge on any atom is -0.394 e. The van der Waals surface area contributed by atoms with E-state index >= 15 is 0 Å². The molecule has 1 heterocycles. The Morgan fingerprint density at radius 2 is 2.09 bits per heavy atom. The van der Waals surface area contributed by atoms with Crippen molar-refractivity contribution in [1.82, 2.24) is 15.6 Å². The number of aromatic nitrogens is 1. The molecule has 2 aromatic rings. The van der Waals surface area contributed by atoms with Crippen LogP contribution >= 0.6 is 0 Å². The average Bonchev–Trinajstić information content (AvgIpc) is 2.88. The summed E-state index contributed by atoms with van der Waals surface area (Å²) in [4.78, 5) is 26.6. The second-order valence-electron chi connectivity index (χ2n) is 5.55. The van der Waals surface area contributed by atoms with E-state index in [1.165, 1.54) is 19.1 Å². The minimum absolute atomic E-state index is 0.190. The van der Waals surface area contributed by atoms with Crippen molar-refractivity contribution in [2.75, 3.05) is 6.61 Å². The molecule has 7 heteroatoms. The molecule has 2 atom stereocenters. The van der Waals surface area contributed by atoms with Crippen LogP contribution in [0.4, 0.5) is 4.39 Å². The van der Waals surface area contributed by atoms with Crippen molar-refractivity contribution >= 4 is 22.7 Å². The standard InChI is InChI=1S/C16H20FN3O3/c1-9(8-21)19-16(23)15(20-10(2)22)5-11-7-18-14-6-12(17)3-4-13(11)14/h3-4,6-7,9,15,18,21H,5,8H2,1-2H3,(H,19,23)(H,20,22). The van der Waals surface area contributed by atoms with Gasteiger partial charge in [0.15, 0.2) is 0 Å². The highest BCUT2D eigenvalue weighted by Gasteiger charge is 2.22. The van der Waals surface area contributed by atoms with E-state index in [-0.39, 0.29) is 30.7 Å². The van der Waals surface area contributed by atoms with Crippen molar-refractivity contribution in [2.45, 2.75) is 32.4 Å². The number of rotatable bonds is 6. The van der Waals surface area contributed by atoms with Crippen LogP contribution in [0.5, 0.6) is 0 Å². The van der Waals surface area contributed by atoms with E-state index in [0.29, 0.717) is 5.52 Å². The number of carbonyl (C=O) groups is 2. The van der Waals surface area contributed by atoms with Gasteiger partial charge in [0.25, 0.3) is 0 Å². The van der Waals surface area contributed by atoms with Crippen LogP contribution in [0, 0.1) is 5.82 Å². The molecular weight excluding hydrogens is 301 g/mol. The van der Waals surface area contributed by atoms with E-state index in [0.717, 1.165) is 10.9 Å². The fourth-order valence-electron chi connectivity index (χ4n) is 2.39. The van der Waals surface area contributed by atoms with Gasteiger partial charge in [0.05, 0.1) is 6.61 Å². The lowest BCUT2D eigenvalue weighted by Crippen LogP contribution is -2.50. The van der Waals surface area contributed by atoms with E-state index in [1.54, 1.807) is 19.2 Å². The lowest BCUT2D eigenvalue weighted by atomic mass is 10.0. The maximum Gasteiger partial charge on any atom is 0.243 e. The van der Waals surface area contributed by atoms with Crippen LogP contribution in [-0.2, 0) is 16.0 Å². The molecule has 4 N–H and O–H groups in total. The Labute approximate surface area is 133 Å². The number of benzene rings is 1. The van der Waals surface area contributed by atoms with Gasteiger partial charge in [-0.2, -0.15) is 0 Å². The molecule has 0 fully saturated rings. The maximum absolute atomic E-state index is 13.2. The van der Waals surface area contributed by atoms with Gasteiger partial charge in [0.2, 0.25) is 11.8 Å². The molecule has 0 radical (unpaired) electrons. The number of amides is 2. The monoisotopic (exact) mass is 321 g/mol. The lowest BCUT2D eigenvalue weighted by Gasteiger charge is -2.19. The Bertz CT molecular complexity index is 714. The molecule has 124 valence electrons. The van der Waals surface area contributed by atoms with E-state index in [4.69, 9.17) is 5.11 Å². The van der Waals surface area contributed by atoms with Crippen molar-refractivity contribution in [3.8, 4) is 0 Å². The third-order valence-electron chi connectivity index (χ3n) is 3.51. The zero-order valence-corrected chi connectivity index (χ0v) is 13.0. The smallest absolute Gasteiger partial charge is 0.243 e. The molecule has 2 rings (SSSR count). The van der Waals surface area contributed by atoms with E-state index in [1.807, 2.05) is 0 Å². The number of hydrogen-bond donors (Lipinski definition) is 4. The fourth-order valence-corrected chi connectivity index (χ4v) is 2.39. The SMILES string of the molecule is CC(=O)NC(Cc1c[nH]c2cc(F)ccc12)C(=O)NC(C)CO. The molecule has 0 saturated heterocycles. The summed E-state index contributed by atoms with van der Waals surface area (Å²) in [5.74, 6) is -1.05. The number of aliphatic hydroxyl groups is 1. The molecule has 2 amide bonds. The van der Waals surface area contributed by atoms with Crippen LogP contribution in [0.2, 0.25) is 0 Å². The zero-order valence-electron chi connectivity index (χ0n) is 13.0. The summed E-state index contributed by atoms with van der Waals surface area (Å²) in [6, 6.07) is 3.18. The Morgan fingerprint density at radius 3 is 2.74 bits per heavy atom. The maximum atomic E-state index is 13.2. The molecular formula is C16H20FN3O3. The average molecular weight is 321 g/mol. The van der Waals surface area contributed by atoms with Crippen molar-refractivity contribution in [2.24, 2.45) is 0 Å². The van der Waals surface area contributed by atoms with Crippen molar-refractivity contribution < 1.29 is 19.1 Å². The van der Waals surface area contributed by atoms with Gasteiger partial charge in [-0.3, -0.25) is 9.59 Å². The Kier molecular flexibility index (Phi) is 5.33.